The van der Waals surface area contributed by atoms with E-state index in [9.17, 15) is 9.59 Å². The Morgan fingerprint density at radius 1 is 1.35 bits per heavy atom. The molecule has 0 unspecified atom stereocenters. The Kier molecular flexibility index (Phi) is 6.04. The fraction of sp³-hybridized carbons (Fsp3) is 0.444. The number of urea groups is 1. The van der Waals surface area contributed by atoms with Crippen molar-refractivity contribution in [2.75, 3.05) is 23.3 Å². The Morgan fingerprint density at radius 3 is 2.91 bits per heavy atom. The lowest BCUT2D eigenvalue weighted by molar-refractivity contribution is -0.113. The molecule has 2 N–H and O–H groups in total. The second-order valence-corrected chi connectivity index (χ2v) is 5.47. The minimum atomic E-state index is -0.205. The summed E-state index contributed by atoms with van der Waals surface area (Å²) in [5.74, 6) is 5.04. The number of nitrogens with zero attached hydrogens (tertiary/aromatic N) is 1. The van der Waals surface area contributed by atoms with Crippen molar-refractivity contribution in [3.63, 3.8) is 0 Å². The summed E-state index contributed by atoms with van der Waals surface area (Å²) in [7, 11) is 0. The van der Waals surface area contributed by atoms with E-state index in [4.69, 9.17) is 0 Å². The molecular weight excluding hydrogens is 290 g/mol. The maximum Gasteiger partial charge on any atom is 0.319 e. The minimum Gasteiger partial charge on any atom is -0.338 e. The third-order valence-corrected chi connectivity index (χ3v) is 3.79. The first kappa shape index (κ1) is 16.9. The van der Waals surface area contributed by atoms with Crippen LogP contribution in [0.4, 0.5) is 16.2 Å². The number of anilines is 2. The van der Waals surface area contributed by atoms with E-state index in [0.29, 0.717) is 13.1 Å². The lowest BCUT2D eigenvalue weighted by atomic mass is 9.99. The van der Waals surface area contributed by atoms with Gasteiger partial charge < -0.3 is 15.5 Å². The van der Waals surface area contributed by atoms with Crippen molar-refractivity contribution in [1.29, 1.82) is 0 Å². The zero-order valence-corrected chi connectivity index (χ0v) is 13.7. The van der Waals surface area contributed by atoms with Crippen LogP contribution in [-0.2, 0) is 11.2 Å². The molecule has 0 aromatic heterocycles. The predicted molar refractivity (Wildman–Crippen MR) is 92.5 cm³/mol. The molecule has 23 heavy (non-hydrogen) atoms. The molecule has 3 amide bonds. The van der Waals surface area contributed by atoms with E-state index in [0.717, 1.165) is 42.6 Å². The van der Waals surface area contributed by atoms with Gasteiger partial charge in [-0.2, -0.15) is 0 Å². The number of nitrogens with one attached hydrogen (secondary N) is 2. The summed E-state index contributed by atoms with van der Waals surface area (Å²) in [5.41, 5.74) is 2.60. The number of fused-ring (bicyclic) bond motifs is 1. The molecule has 5 heteroatoms. The summed E-state index contributed by atoms with van der Waals surface area (Å²) in [4.78, 5) is 25.8. The van der Waals surface area contributed by atoms with Crippen LogP contribution in [0, 0.1) is 11.8 Å². The van der Waals surface area contributed by atoms with E-state index in [1.807, 2.05) is 18.2 Å². The Labute approximate surface area is 137 Å². The highest BCUT2D eigenvalue weighted by atomic mass is 16.2. The van der Waals surface area contributed by atoms with Gasteiger partial charge in [0.15, 0.2) is 0 Å². The van der Waals surface area contributed by atoms with Crippen LogP contribution < -0.4 is 15.5 Å². The molecule has 1 aliphatic heterocycles. The molecule has 2 rings (SSSR count). The van der Waals surface area contributed by atoms with Crippen LogP contribution in [0.2, 0.25) is 0 Å². The number of rotatable bonds is 4. The van der Waals surface area contributed by atoms with Gasteiger partial charge in [0.2, 0.25) is 0 Å². The summed E-state index contributed by atoms with van der Waals surface area (Å²) < 4.78 is 0. The Hall–Kier alpha value is -2.48. The van der Waals surface area contributed by atoms with Crippen molar-refractivity contribution >= 4 is 23.3 Å². The molecule has 0 spiro atoms. The highest BCUT2D eigenvalue weighted by Crippen LogP contribution is 2.32. The van der Waals surface area contributed by atoms with Gasteiger partial charge in [-0.1, -0.05) is 25.3 Å². The van der Waals surface area contributed by atoms with E-state index in [2.05, 4.69) is 29.4 Å². The van der Waals surface area contributed by atoms with Crippen LogP contribution in [0.5, 0.6) is 0 Å². The molecule has 0 saturated heterocycles. The number of hydrogen-bond donors (Lipinski definition) is 2. The van der Waals surface area contributed by atoms with E-state index in [1.165, 1.54) is 0 Å². The lowest BCUT2D eigenvalue weighted by Crippen LogP contribution is -2.35. The van der Waals surface area contributed by atoms with Gasteiger partial charge >= 0.3 is 11.9 Å². The molecule has 122 valence electrons. The largest absolute Gasteiger partial charge is 0.338 e. The average molecular weight is 313 g/mol. The van der Waals surface area contributed by atoms with Crippen LogP contribution in [0.3, 0.4) is 0 Å². The maximum absolute atomic E-state index is 12.1. The Bertz CT molecular complexity index is 643. The van der Waals surface area contributed by atoms with E-state index < -0.39 is 0 Å². The smallest absolute Gasteiger partial charge is 0.319 e. The van der Waals surface area contributed by atoms with E-state index >= 15 is 0 Å². The summed E-state index contributed by atoms with van der Waals surface area (Å²) >= 11 is 0. The topological polar surface area (TPSA) is 61.4 Å². The number of carbonyl (C=O) groups excluding carboxylic acids is 2. The highest BCUT2D eigenvalue weighted by molar-refractivity contribution is 6.07. The zero-order valence-electron chi connectivity index (χ0n) is 13.7. The minimum absolute atomic E-state index is 0.196. The van der Waals surface area contributed by atoms with Gasteiger partial charge in [0.05, 0.1) is 0 Å². The molecule has 1 aromatic carbocycles. The first-order chi connectivity index (χ1) is 11.2. The van der Waals surface area contributed by atoms with Gasteiger partial charge in [0.25, 0.3) is 0 Å². The predicted octanol–water partition coefficient (Wildman–Crippen LogP) is 2.91. The van der Waals surface area contributed by atoms with Crippen molar-refractivity contribution in [3.05, 3.63) is 23.8 Å². The SMILES string of the molecule is CC#CC(=O)N1CCCc2c(NC(=O)NCCCC)cccc21. The summed E-state index contributed by atoms with van der Waals surface area (Å²) in [6.45, 7) is 5.06. The molecular formula is C18H23N3O2. The van der Waals surface area contributed by atoms with Crippen molar-refractivity contribution in [1.82, 2.24) is 5.32 Å². The van der Waals surface area contributed by atoms with Gasteiger partial charge in [0.1, 0.15) is 0 Å². The third-order valence-electron chi connectivity index (χ3n) is 3.79. The van der Waals surface area contributed by atoms with Crippen LogP contribution in [-0.4, -0.2) is 25.0 Å². The van der Waals surface area contributed by atoms with Crippen molar-refractivity contribution in [2.24, 2.45) is 0 Å². The fourth-order valence-electron chi connectivity index (χ4n) is 2.67. The van der Waals surface area contributed by atoms with E-state index in [1.54, 1.807) is 11.8 Å². The van der Waals surface area contributed by atoms with Crippen molar-refractivity contribution < 1.29 is 9.59 Å². The molecule has 0 radical (unpaired) electrons. The maximum atomic E-state index is 12.1. The van der Waals surface area contributed by atoms with Gasteiger partial charge in [-0.3, -0.25) is 4.79 Å². The van der Waals surface area contributed by atoms with Crippen molar-refractivity contribution in [2.45, 2.75) is 39.5 Å². The fourth-order valence-corrected chi connectivity index (χ4v) is 2.67. The molecule has 0 atom stereocenters. The number of benzene rings is 1. The highest BCUT2D eigenvalue weighted by Gasteiger charge is 2.23. The molecule has 0 fully saturated rings. The number of hydrogen-bond acceptors (Lipinski definition) is 2. The standard InChI is InChI=1S/C18H23N3O2/c1-3-5-12-19-18(23)20-15-10-6-11-16-14(15)9-7-13-21(16)17(22)8-4-2/h6,10-11H,3,5,7,9,12-13H2,1-2H3,(H2,19,20,23). The molecule has 0 bridgehead atoms. The second-order valence-electron chi connectivity index (χ2n) is 5.47. The molecule has 1 aromatic rings. The normalized spacial score (nSPS) is 12.7. The lowest BCUT2D eigenvalue weighted by Gasteiger charge is -2.29. The van der Waals surface area contributed by atoms with Crippen LogP contribution in [0.25, 0.3) is 0 Å². The van der Waals surface area contributed by atoms with Crippen LogP contribution in [0.1, 0.15) is 38.7 Å². The monoisotopic (exact) mass is 313 g/mol. The molecule has 0 aliphatic carbocycles. The molecule has 1 aliphatic rings. The summed E-state index contributed by atoms with van der Waals surface area (Å²) in [6.07, 6.45) is 3.69. The first-order valence-electron chi connectivity index (χ1n) is 8.08. The quantitative estimate of drug-likeness (QED) is 0.663. The first-order valence-corrected chi connectivity index (χ1v) is 8.08. The molecule has 5 nitrogen and oxygen atoms in total. The number of unbranched alkanes of at least 4 members (excludes halogenated alkanes) is 1. The number of amides is 3. The molecule has 1 heterocycles. The molecule has 0 saturated carbocycles. The van der Waals surface area contributed by atoms with Crippen LogP contribution >= 0.6 is 0 Å². The van der Waals surface area contributed by atoms with Crippen LogP contribution in [0.15, 0.2) is 18.2 Å². The Morgan fingerprint density at radius 2 is 2.17 bits per heavy atom. The summed E-state index contributed by atoms with van der Waals surface area (Å²) in [6, 6.07) is 5.43. The zero-order chi connectivity index (χ0) is 16.7. The third kappa shape index (κ3) is 4.26. The van der Waals surface area contributed by atoms with Gasteiger partial charge in [0, 0.05) is 24.5 Å². The van der Waals surface area contributed by atoms with Gasteiger partial charge in [-0.15, -0.1) is 0 Å². The second kappa shape index (κ2) is 8.23. The van der Waals surface area contributed by atoms with E-state index in [-0.39, 0.29) is 11.9 Å². The summed E-state index contributed by atoms with van der Waals surface area (Å²) in [5, 5.41) is 5.74. The van der Waals surface area contributed by atoms with Gasteiger partial charge in [-0.05, 0) is 49.8 Å². The average Bonchev–Trinajstić information content (AvgIpc) is 2.55. The van der Waals surface area contributed by atoms with Crippen molar-refractivity contribution in [3.8, 4) is 11.8 Å². The Balaban J connectivity index is 2.17. The number of carbonyl (C=O) groups is 2. The van der Waals surface area contributed by atoms with Gasteiger partial charge in [-0.25, -0.2) is 4.79 Å².